The number of aliphatic hydroxyl groups excluding tert-OH is 2. The number of carbonyl (C=O) groups is 1. The molecule has 0 aromatic rings. The smallest absolute Gasteiger partial charge is 0.220 e. The van der Waals surface area contributed by atoms with Gasteiger partial charge in [-0.2, -0.15) is 0 Å². The van der Waals surface area contributed by atoms with Gasteiger partial charge in [0, 0.05) is 6.42 Å². The highest BCUT2D eigenvalue weighted by atomic mass is 16.3. The first-order valence-corrected chi connectivity index (χ1v) is 35.5. The van der Waals surface area contributed by atoms with Gasteiger partial charge in [-0.3, -0.25) is 4.79 Å². The SMILES string of the molecule is CC/C=C\C/C=C\C/C=C\C/C=C\CCCCCCCCCCCCCCCCCCCCCCC(=O)NC(CO)C(O)/C=C/CCCCCCCCCCCCCCCCCCCCCCCCCCCCCCCCC. The summed E-state index contributed by atoms with van der Waals surface area (Å²) in [6, 6.07) is -0.624. The second kappa shape index (κ2) is 69.4. The fourth-order valence-electron chi connectivity index (χ4n) is 11.2. The number of nitrogens with one attached hydrogen (secondary N) is 1. The predicted octanol–water partition coefficient (Wildman–Crippen LogP) is 24.3. The standard InChI is InChI=1S/C74H139NO3/c1-3-5-7-9-11-13-15-17-19-21-23-25-27-29-31-33-35-37-39-41-43-45-47-49-51-53-55-57-59-61-63-65-67-69-73(77)72(71-76)75-74(78)70-68-66-64-62-60-58-56-54-52-50-48-46-44-42-40-38-36-34-32-30-28-26-24-22-20-18-16-14-12-10-8-6-4-2/h6,8,12,14,18,20,24,26,67,69,72-73,76-77H,3-5,7,9-11,13,15-17,19,21-23,25,27-66,68,70-71H2,1-2H3,(H,75,78)/b8-6-,14-12-,20-18-,26-24-,69-67+. The molecule has 3 N–H and O–H groups in total. The lowest BCUT2D eigenvalue weighted by molar-refractivity contribution is -0.123. The first-order chi connectivity index (χ1) is 38.7. The van der Waals surface area contributed by atoms with Crippen LogP contribution in [0.25, 0.3) is 0 Å². The number of amides is 1. The van der Waals surface area contributed by atoms with Crippen molar-refractivity contribution in [3.63, 3.8) is 0 Å². The van der Waals surface area contributed by atoms with Gasteiger partial charge in [0.1, 0.15) is 0 Å². The Morgan fingerprint density at radius 2 is 0.564 bits per heavy atom. The molecular weight excluding hydrogens is 951 g/mol. The maximum Gasteiger partial charge on any atom is 0.220 e. The van der Waals surface area contributed by atoms with Gasteiger partial charge in [0.2, 0.25) is 5.91 Å². The molecule has 0 bridgehead atoms. The number of unbranched alkanes of at least 4 members (excludes halogenated alkanes) is 51. The largest absolute Gasteiger partial charge is 0.394 e. The molecule has 0 saturated heterocycles. The van der Waals surface area contributed by atoms with E-state index in [2.05, 4.69) is 67.8 Å². The minimum atomic E-state index is -0.842. The average molecular weight is 1090 g/mol. The summed E-state index contributed by atoms with van der Waals surface area (Å²) < 4.78 is 0. The third kappa shape index (κ3) is 64.9. The fraction of sp³-hybridized carbons (Fsp3) is 0.851. The van der Waals surface area contributed by atoms with Gasteiger partial charge >= 0.3 is 0 Å². The topological polar surface area (TPSA) is 69.6 Å². The van der Waals surface area contributed by atoms with E-state index in [1.165, 1.54) is 315 Å². The second-order valence-corrected chi connectivity index (χ2v) is 24.3. The highest BCUT2D eigenvalue weighted by Crippen LogP contribution is 2.19. The summed E-state index contributed by atoms with van der Waals surface area (Å²) in [6.07, 6.45) is 98.9. The first kappa shape index (κ1) is 76.1. The van der Waals surface area contributed by atoms with Crippen LogP contribution < -0.4 is 5.32 Å². The van der Waals surface area contributed by atoms with Gasteiger partial charge in [0.05, 0.1) is 18.8 Å². The zero-order chi connectivity index (χ0) is 56.2. The molecule has 458 valence electrons. The molecule has 0 heterocycles. The monoisotopic (exact) mass is 1090 g/mol. The van der Waals surface area contributed by atoms with Crippen LogP contribution in [0, 0.1) is 0 Å². The van der Waals surface area contributed by atoms with Gasteiger partial charge in [-0.15, -0.1) is 0 Å². The van der Waals surface area contributed by atoms with Crippen LogP contribution in [0.4, 0.5) is 0 Å². The Hall–Kier alpha value is -1.91. The van der Waals surface area contributed by atoms with Crippen LogP contribution in [0.3, 0.4) is 0 Å². The molecule has 0 aliphatic carbocycles. The summed E-state index contributed by atoms with van der Waals surface area (Å²) in [5.74, 6) is -0.0574. The van der Waals surface area contributed by atoms with Gasteiger partial charge < -0.3 is 15.5 Å². The molecule has 0 aromatic carbocycles. The van der Waals surface area contributed by atoms with Crippen molar-refractivity contribution in [2.45, 2.75) is 398 Å². The van der Waals surface area contributed by atoms with Crippen LogP contribution in [-0.4, -0.2) is 34.9 Å². The zero-order valence-electron chi connectivity index (χ0n) is 53.0. The van der Waals surface area contributed by atoms with E-state index in [1.807, 2.05) is 6.08 Å². The van der Waals surface area contributed by atoms with E-state index in [4.69, 9.17) is 0 Å². The van der Waals surface area contributed by atoms with E-state index >= 15 is 0 Å². The minimum absolute atomic E-state index is 0.0574. The van der Waals surface area contributed by atoms with Crippen molar-refractivity contribution in [1.29, 1.82) is 0 Å². The summed E-state index contributed by atoms with van der Waals surface area (Å²) in [4.78, 5) is 12.5. The Morgan fingerprint density at radius 3 is 0.846 bits per heavy atom. The van der Waals surface area contributed by atoms with E-state index in [0.717, 1.165) is 51.4 Å². The molecule has 4 heteroatoms. The van der Waals surface area contributed by atoms with Crippen LogP contribution >= 0.6 is 0 Å². The Morgan fingerprint density at radius 1 is 0.321 bits per heavy atom. The van der Waals surface area contributed by atoms with E-state index < -0.39 is 12.1 Å². The molecule has 0 spiro atoms. The third-order valence-corrected chi connectivity index (χ3v) is 16.5. The summed E-state index contributed by atoms with van der Waals surface area (Å²) >= 11 is 0. The maximum atomic E-state index is 12.5. The van der Waals surface area contributed by atoms with Crippen LogP contribution in [0.1, 0.15) is 386 Å². The molecule has 0 rings (SSSR count). The Balaban J connectivity index is 3.42. The molecule has 0 radical (unpaired) electrons. The van der Waals surface area contributed by atoms with Crippen molar-refractivity contribution in [2.75, 3.05) is 6.61 Å². The normalized spacial score (nSPS) is 13.0. The zero-order valence-corrected chi connectivity index (χ0v) is 53.0. The lowest BCUT2D eigenvalue weighted by Crippen LogP contribution is -2.45. The summed E-state index contributed by atoms with van der Waals surface area (Å²) in [6.45, 7) is 4.24. The number of carbonyl (C=O) groups excluding carboxylic acids is 1. The van der Waals surface area contributed by atoms with Crippen molar-refractivity contribution in [3.8, 4) is 0 Å². The van der Waals surface area contributed by atoms with Crippen molar-refractivity contribution < 1.29 is 15.0 Å². The fourth-order valence-corrected chi connectivity index (χ4v) is 11.2. The lowest BCUT2D eigenvalue weighted by atomic mass is 10.0. The van der Waals surface area contributed by atoms with Crippen LogP contribution in [0.15, 0.2) is 60.8 Å². The number of rotatable bonds is 66. The van der Waals surface area contributed by atoms with E-state index in [9.17, 15) is 15.0 Å². The number of hydrogen-bond acceptors (Lipinski definition) is 3. The molecule has 2 atom stereocenters. The van der Waals surface area contributed by atoms with Gasteiger partial charge in [-0.1, -0.05) is 383 Å². The van der Waals surface area contributed by atoms with Gasteiger partial charge in [0.25, 0.3) is 0 Å². The van der Waals surface area contributed by atoms with Crippen molar-refractivity contribution in [2.24, 2.45) is 0 Å². The number of aliphatic hydroxyl groups is 2. The maximum absolute atomic E-state index is 12.5. The molecule has 0 aliphatic rings. The van der Waals surface area contributed by atoms with Crippen molar-refractivity contribution >= 4 is 5.91 Å². The Labute approximate surface area is 489 Å². The van der Waals surface area contributed by atoms with Gasteiger partial charge in [0.15, 0.2) is 0 Å². The highest BCUT2D eigenvalue weighted by Gasteiger charge is 2.18. The Kier molecular flexibility index (Phi) is 67.7. The third-order valence-electron chi connectivity index (χ3n) is 16.5. The van der Waals surface area contributed by atoms with Gasteiger partial charge in [-0.05, 0) is 57.8 Å². The average Bonchev–Trinajstić information content (AvgIpc) is 3.44. The van der Waals surface area contributed by atoms with E-state index in [0.29, 0.717) is 6.42 Å². The van der Waals surface area contributed by atoms with Crippen LogP contribution in [-0.2, 0) is 4.79 Å². The highest BCUT2D eigenvalue weighted by molar-refractivity contribution is 5.76. The number of allylic oxidation sites excluding steroid dienone is 9. The Bertz CT molecular complexity index is 1280. The molecule has 2 unspecified atom stereocenters. The number of hydrogen-bond donors (Lipinski definition) is 3. The molecule has 0 fully saturated rings. The summed E-state index contributed by atoms with van der Waals surface area (Å²) in [5.41, 5.74) is 0. The lowest BCUT2D eigenvalue weighted by Gasteiger charge is -2.20. The quantitative estimate of drug-likeness (QED) is 0.0420. The molecule has 78 heavy (non-hydrogen) atoms. The van der Waals surface area contributed by atoms with E-state index in [1.54, 1.807) is 6.08 Å². The summed E-state index contributed by atoms with van der Waals surface area (Å²) in [7, 11) is 0. The molecule has 1 amide bonds. The van der Waals surface area contributed by atoms with Crippen LogP contribution in [0.2, 0.25) is 0 Å². The molecule has 4 nitrogen and oxygen atoms in total. The molecule has 0 aromatic heterocycles. The molecule has 0 aliphatic heterocycles. The second-order valence-electron chi connectivity index (χ2n) is 24.3. The molecule has 0 saturated carbocycles. The minimum Gasteiger partial charge on any atom is -0.394 e. The van der Waals surface area contributed by atoms with Crippen molar-refractivity contribution in [3.05, 3.63) is 60.8 Å². The summed E-state index contributed by atoms with van der Waals surface area (Å²) in [5, 5.41) is 23.3. The van der Waals surface area contributed by atoms with Crippen molar-refractivity contribution in [1.82, 2.24) is 5.32 Å². The van der Waals surface area contributed by atoms with E-state index in [-0.39, 0.29) is 12.5 Å². The van der Waals surface area contributed by atoms with Crippen LogP contribution in [0.5, 0.6) is 0 Å². The predicted molar refractivity (Wildman–Crippen MR) is 350 cm³/mol. The van der Waals surface area contributed by atoms with Gasteiger partial charge in [-0.25, -0.2) is 0 Å². The molecular formula is C74H139NO3. The first-order valence-electron chi connectivity index (χ1n) is 35.5.